The van der Waals surface area contributed by atoms with E-state index in [-0.39, 0.29) is 0 Å². The van der Waals surface area contributed by atoms with Gasteiger partial charge in [-0.15, -0.1) is 0 Å². The van der Waals surface area contributed by atoms with Crippen molar-refractivity contribution in [1.82, 2.24) is 0 Å². The second-order valence-electron chi connectivity index (χ2n) is 3.97. The zero-order valence-electron chi connectivity index (χ0n) is 11.9. The summed E-state index contributed by atoms with van der Waals surface area (Å²) in [6, 6.07) is 7.25. The van der Waals surface area contributed by atoms with Crippen molar-refractivity contribution in [2.45, 2.75) is 19.8 Å². The van der Waals surface area contributed by atoms with Crippen molar-refractivity contribution in [2.24, 2.45) is 0 Å². The van der Waals surface area contributed by atoms with Crippen molar-refractivity contribution < 1.29 is 9.90 Å². The van der Waals surface area contributed by atoms with E-state index in [4.69, 9.17) is 9.90 Å². The summed E-state index contributed by atoms with van der Waals surface area (Å²) in [5.41, 5.74) is 0.924. The van der Waals surface area contributed by atoms with Crippen molar-refractivity contribution in [1.29, 1.82) is 0 Å². The Morgan fingerprint density at radius 2 is 1.25 bits per heavy atom. The highest BCUT2D eigenvalue weighted by molar-refractivity contribution is 5.29. The van der Waals surface area contributed by atoms with Gasteiger partial charge in [0, 0.05) is 0 Å². The molecule has 2 heteroatoms. The van der Waals surface area contributed by atoms with E-state index in [0.717, 1.165) is 18.4 Å². The first-order valence-corrected chi connectivity index (χ1v) is 6.47. The molecule has 0 aliphatic heterocycles. The van der Waals surface area contributed by atoms with Crippen LogP contribution in [0.25, 0.3) is 0 Å². The van der Waals surface area contributed by atoms with E-state index in [1.807, 2.05) is 31.9 Å². The Balaban J connectivity index is 0.000000264. The Morgan fingerprint density at radius 1 is 0.850 bits per heavy atom. The summed E-state index contributed by atoms with van der Waals surface area (Å²) in [6.45, 7) is 3.87. The van der Waals surface area contributed by atoms with Crippen LogP contribution in [0.2, 0.25) is 0 Å². The summed E-state index contributed by atoms with van der Waals surface area (Å²) in [5, 5.41) is 8.92. The van der Waals surface area contributed by atoms with Crippen LogP contribution in [-0.2, 0) is 4.79 Å². The lowest BCUT2D eigenvalue weighted by Gasteiger charge is -1.92. The summed E-state index contributed by atoms with van der Waals surface area (Å²) in [5.74, 6) is 0.368. The molecule has 0 radical (unpaired) electrons. The predicted octanol–water partition coefficient (Wildman–Crippen LogP) is 4.52. The molecule has 0 spiro atoms. The molecule has 0 bridgehead atoms. The van der Waals surface area contributed by atoms with E-state index in [1.165, 1.54) is 0 Å². The minimum Gasteiger partial charge on any atom is -0.508 e. The standard InChI is InChI=1S/C7H8O.2C5H6.CH2O/c1-6-4-2-3-5-7(6)8;2*1-2-4-5-3-1;1-2/h2-5,8H,1H3;2*1-4H,5H2;1H2. The van der Waals surface area contributed by atoms with Gasteiger partial charge in [0.1, 0.15) is 12.5 Å². The van der Waals surface area contributed by atoms with E-state index >= 15 is 0 Å². The van der Waals surface area contributed by atoms with Gasteiger partial charge in [0.05, 0.1) is 0 Å². The first-order chi connectivity index (χ1) is 9.80. The average Bonchev–Trinajstić information content (AvgIpc) is 3.23. The lowest BCUT2D eigenvalue weighted by atomic mass is 10.2. The molecule has 20 heavy (non-hydrogen) atoms. The monoisotopic (exact) mass is 270 g/mol. The third-order valence-corrected chi connectivity index (χ3v) is 2.43. The molecule has 106 valence electrons. The van der Waals surface area contributed by atoms with Crippen LogP contribution >= 0.6 is 0 Å². The van der Waals surface area contributed by atoms with E-state index in [1.54, 1.807) is 6.07 Å². The minimum atomic E-state index is 0.368. The van der Waals surface area contributed by atoms with Crippen LogP contribution in [0.3, 0.4) is 0 Å². The molecule has 0 heterocycles. The van der Waals surface area contributed by atoms with Crippen molar-refractivity contribution >= 4 is 6.79 Å². The maximum absolute atomic E-state index is 8.92. The van der Waals surface area contributed by atoms with Gasteiger partial charge >= 0.3 is 0 Å². The van der Waals surface area contributed by atoms with Crippen molar-refractivity contribution in [3.63, 3.8) is 0 Å². The number of para-hydroxylation sites is 1. The number of phenolic OH excluding ortho intramolecular Hbond substituents is 1. The quantitative estimate of drug-likeness (QED) is 0.752. The van der Waals surface area contributed by atoms with E-state index in [0.29, 0.717) is 5.75 Å². The SMILES string of the molecule is C1=CCC=C1.C1=CCC=C1.C=O.Cc1ccccc1O. The Hall–Kier alpha value is -2.35. The largest absolute Gasteiger partial charge is 0.508 e. The topological polar surface area (TPSA) is 37.3 Å². The summed E-state index contributed by atoms with van der Waals surface area (Å²) in [6.07, 6.45) is 19.0. The fraction of sp³-hybridized carbons (Fsp3) is 0.167. The lowest BCUT2D eigenvalue weighted by Crippen LogP contribution is -1.68. The van der Waals surface area contributed by atoms with Crippen LogP contribution in [0.5, 0.6) is 5.75 Å². The summed E-state index contributed by atoms with van der Waals surface area (Å²) in [7, 11) is 0. The van der Waals surface area contributed by atoms with Gasteiger partial charge in [-0.05, 0) is 31.4 Å². The first kappa shape index (κ1) is 17.6. The predicted molar refractivity (Wildman–Crippen MR) is 85.8 cm³/mol. The van der Waals surface area contributed by atoms with Crippen molar-refractivity contribution in [2.75, 3.05) is 0 Å². The van der Waals surface area contributed by atoms with Crippen LogP contribution in [0.1, 0.15) is 18.4 Å². The number of allylic oxidation sites excluding steroid dienone is 8. The molecule has 2 aliphatic rings. The van der Waals surface area contributed by atoms with Crippen LogP contribution in [0, 0.1) is 6.92 Å². The van der Waals surface area contributed by atoms with E-state index < -0.39 is 0 Å². The minimum absolute atomic E-state index is 0.368. The first-order valence-electron chi connectivity index (χ1n) is 6.47. The van der Waals surface area contributed by atoms with Crippen LogP contribution < -0.4 is 0 Å². The molecule has 0 saturated heterocycles. The third-order valence-electron chi connectivity index (χ3n) is 2.43. The molecular weight excluding hydrogens is 248 g/mol. The van der Waals surface area contributed by atoms with Gasteiger partial charge in [0.25, 0.3) is 0 Å². The third kappa shape index (κ3) is 9.66. The molecule has 1 aromatic rings. The second-order valence-corrected chi connectivity index (χ2v) is 3.97. The summed E-state index contributed by atoms with van der Waals surface area (Å²) < 4.78 is 0. The van der Waals surface area contributed by atoms with Gasteiger partial charge in [0.15, 0.2) is 0 Å². The van der Waals surface area contributed by atoms with E-state index in [2.05, 4.69) is 48.6 Å². The van der Waals surface area contributed by atoms with Gasteiger partial charge < -0.3 is 9.90 Å². The average molecular weight is 270 g/mol. The highest BCUT2D eigenvalue weighted by atomic mass is 16.3. The molecule has 1 N–H and O–H groups in total. The number of hydrogen-bond donors (Lipinski definition) is 1. The Labute approximate surface area is 121 Å². The number of phenols is 1. The zero-order chi connectivity index (χ0) is 15.1. The maximum Gasteiger partial charge on any atom is 0.118 e. The zero-order valence-corrected chi connectivity index (χ0v) is 11.9. The second kappa shape index (κ2) is 13.1. The van der Waals surface area contributed by atoms with Crippen LogP contribution in [0.4, 0.5) is 0 Å². The maximum atomic E-state index is 8.92. The number of hydrogen-bond acceptors (Lipinski definition) is 2. The highest BCUT2D eigenvalue weighted by Crippen LogP contribution is 2.12. The Morgan fingerprint density at radius 3 is 1.45 bits per heavy atom. The molecule has 1 aromatic carbocycles. The molecule has 0 saturated carbocycles. The fourth-order valence-electron chi connectivity index (χ4n) is 1.35. The van der Waals surface area contributed by atoms with Crippen LogP contribution in [0.15, 0.2) is 72.9 Å². The molecule has 0 atom stereocenters. The number of aromatic hydroxyl groups is 1. The van der Waals surface area contributed by atoms with E-state index in [9.17, 15) is 0 Å². The number of carbonyl (C=O) groups excluding carboxylic acids is 1. The normalized spacial score (nSPS) is 12.7. The number of aryl methyl sites for hydroxylation is 1. The van der Waals surface area contributed by atoms with Gasteiger partial charge in [-0.2, -0.15) is 0 Å². The molecule has 0 amide bonds. The number of carbonyl (C=O) groups is 1. The Kier molecular flexibility index (Phi) is 11.6. The molecule has 0 unspecified atom stereocenters. The van der Waals surface area contributed by atoms with Gasteiger partial charge in [0.2, 0.25) is 0 Å². The van der Waals surface area contributed by atoms with Crippen LogP contribution in [-0.4, -0.2) is 11.9 Å². The van der Waals surface area contributed by atoms with Crippen molar-refractivity contribution in [3.8, 4) is 5.75 Å². The van der Waals surface area contributed by atoms with Crippen molar-refractivity contribution in [3.05, 3.63) is 78.4 Å². The molecule has 0 fully saturated rings. The lowest BCUT2D eigenvalue weighted by molar-refractivity contribution is -0.0979. The molecule has 0 aromatic heterocycles. The smallest absolute Gasteiger partial charge is 0.118 e. The highest BCUT2D eigenvalue weighted by Gasteiger charge is 1.87. The number of benzene rings is 1. The van der Waals surface area contributed by atoms with Gasteiger partial charge in [-0.3, -0.25) is 0 Å². The molecule has 3 rings (SSSR count). The number of rotatable bonds is 0. The molecule has 2 nitrogen and oxygen atoms in total. The summed E-state index contributed by atoms with van der Waals surface area (Å²) in [4.78, 5) is 8.00. The summed E-state index contributed by atoms with van der Waals surface area (Å²) >= 11 is 0. The van der Waals surface area contributed by atoms with Gasteiger partial charge in [-0.25, -0.2) is 0 Å². The Bertz CT molecular complexity index is 405. The molecule has 2 aliphatic carbocycles. The molecular formula is C18H22O2. The van der Waals surface area contributed by atoms with Gasteiger partial charge in [-0.1, -0.05) is 66.8 Å². The fourth-order valence-corrected chi connectivity index (χ4v) is 1.35.